The monoisotopic (exact) mass is 256 g/mol. The lowest BCUT2D eigenvalue weighted by Crippen LogP contribution is -2.14. The van der Waals surface area contributed by atoms with Gasteiger partial charge in [-0.15, -0.1) is 6.58 Å². The minimum atomic E-state index is 0.422. The first-order valence-electron chi connectivity index (χ1n) is 7.53. The molecule has 0 aliphatic carbocycles. The van der Waals surface area contributed by atoms with E-state index in [1.54, 1.807) is 0 Å². The van der Waals surface area contributed by atoms with Gasteiger partial charge in [0.25, 0.3) is 0 Å². The molecule has 2 unspecified atom stereocenters. The lowest BCUT2D eigenvalue weighted by atomic mass is 10.0. The van der Waals surface area contributed by atoms with Crippen molar-refractivity contribution in [3.63, 3.8) is 0 Å². The molecule has 0 saturated heterocycles. The maximum atomic E-state index is 5.87. The van der Waals surface area contributed by atoms with E-state index >= 15 is 0 Å². The number of unbranched alkanes of at least 4 members (excludes halogenated alkanes) is 1. The summed E-state index contributed by atoms with van der Waals surface area (Å²) in [5.74, 6) is 0. The molecule has 0 radical (unpaired) electrons. The Kier molecular flexibility index (Phi) is 12.9. The first-order valence-corrected chi connectivity index (χ1v) is 7.53. The van der Waals surface area contributed by atoms with Gasteiger partial charge in [0, 0.05) is 13.7 Å². The standard InChI is InChI=1S/C16H32O2/c1-5-8-11-16(18-14-6-2)13-10-9-12-15(7-3)17-4/h5,15-16H,1,6-14H2,2-4H3. The molecule has 0 bridgehead atoms. The molecule has 0 aliphatic rings. The highest BCUT2D eigenvalue weighted by Gasteiger charge is 2.09. The summed E-state index contributed by atoms with van der Waals surface area (Å²) in [7, 11) is 1.81. The third-order valence-electron chi connectivity index (χ3n) is 3.34. The quantitative estimate of drug-likeness (QED) is 0.350. The summed E-state index contributed by atoms with van der Waals surface area (Å²) in [6.07, 6.45) is 12.1. The number of hydrogen-bond acceptors (Lipinski definition) is 2. The summed E-state index contributed by atoms with van der Waals surface area (Å²) in [6, 6.07) is 0. The van der Waals surface area contributed by atoms with Crippen molar-refractivity contribution in [1.29, 1.82) is 0 Å². The van der Waals surface area contributed by atoms with Gasteiger partial charge in [-0.2, -0.15) is 0 Å². The molecule has 108 valence electrons. The Hall–Kier alpha value is -0.340. The molecular weight excluding hydrogens is 224 g/mol. The van der Waals surface area contributed by atoms with Crippen molar-refractivity contribution < 1.29 is 9.47 Å². The van der Waals surface area contributed by atoms with Crippen LogP contribution in [0.2, 0.25) is 0 Å². The Morgan fingerprint density at radius 2 is 1.72 bits per heavy atom. The minimum Gasteiger partial charge on any atom is -0.381 e. The fraction of sp³-hybridized carbons (Fsp3) is 0.875. The third kappa shape index (κ3) is 9.67. The van der Waals surface area contributed by atoms with Gasteiger partial charge in [-0.25, -0.2) is 0 Å². The van der Waals surface area contributed by atoms with Crippen LogP contribution in [0.5, 0.6) is 0 Å². The molecule has 0 saturated carbocycles. The molecule has 2 heteroatoms. The summed E-state index contributed by atoms with van der Waals surface area (Å²) in [5.41, 5.74) is 0. The molecule has 0 aromatic rings. The Morgan fingerprint density at radius 3 is 2.22 bits per heavy atom. The lowest BCUT2D eigenvalue weighted by molar-refractivity contribution is 0.0390. The molecule has 0 amide bonds. The molecule has 0 aromatic heterocycles. The maximum Gasteiger partial charge on any atom is 0.0578 e. The van der Waals surface area contributed by atoms with E-state index in [0.717, 1.165) is 32.3 Å². The van der Waals surface area contributed by atoms with Gasteiger partial charge < -0.3 is 9.47 Å². The molecule has 0 heterocycles. The summed E-state index contributed by atoms with van der Waals surface area (Å²) in [4.78, 5) is 0. The van der Waals surface area contributed by atoms with Crippen molar-refractivity contribution in [3.8, 4) is 0 Å². The highest BCUT2D eigenvalue weighted by atomic mass is 16.5. The molecule has 2 nitrogen and oxygen atoms in total. The molecule has 0 spiro atoms. The smallest absolute Gasteiger partial charge is 0.0578 e. The van der Waals surface area contributed by atoms with Crippen LogP contribution in [0.1, 0.15) is 65.2 Å². The van der Waals surface area contributed by atoms with Crippen LogP contribution in [0.4, 0.5) is 0 Å². The Labute approximate surface area is 114 Å². The van der Waals surface area contributed by atoms with Crippen LogP contribution >= 0.6 is 0 Å². The highest BCUT2D eigenvalue weighted by molar-refractivity contribution is 4.70. The summed E-state index contributed by atoms with van der Waals surface area (Å²) in [6.45, 7) is 9.02. The van der Waals surface area contributed by atoms with Crippen molar-refractivity contribution in [3.05, 3.63) is 12.7 Å². The summed E-state index contributed by atoms with van der Waals surface area (Å²) in [5, 5.41) is 0. The molecular formula is C16H32O2. The van der Waals surface area contributed by atoms with Gasteiger partial charge in [-0.3, -0.25) is 0 Å². The highest BCUT2D eigenvalue weighted by Crippen LogP contribution is 2.15. The molecule has 0 aromatic carbocycles. The number of methoxy groups -OCH3 is 1. The number of allylic oxidation sites excluding steroid dienone is 1. The molecule has 0 aliphatic heterocycles. The van der Waals surface area contributed by atoms with Crippen LogP contribution in [-0.4, -0.2) is 25.9 Å². The van der Waals surface area contributed by atoms with Crippen molar-refractivity contribution in [2.75, 3.05) is 13.7 Å². The fourth-order valence-corrected chi connectivity index (χ4v) is 2.13. The molecule has 0 N–H and O–H groups in total. The first-order chi connectivity index (χ1) is 8.78. The maximum absolute atomic E-state index is 5.87. The van der Waals surface area contributed by atoms with Gasteiger partial charge in [0.1, 0.15) is 0 Å². The second kappa shape index (κ2) is 13.1. The van der Waals surface area contributed by atoms with Crippen LogP contribution in [0.15, 0.2) is 12.7 Å². The zero-order valence-electron chi connectivity index (χ0n) is 12.6. The molecule has 2 atom stereocenters. The predicted octanol–water partition coefficient (Wildman–Crippen LogP) is 4.73. The van der Waals surface area contributed by atoms with Crippen molar-refractivity contribution in [1.82, 2.24) is 0 Å². The average Bonchev–Trinajstić information content (AvgIpc) is 2.41. The zero-order chi connectivity index (χ0) is 13.6. The Balaban J connectivity index is 3.69. The van der Waals surface area contributed by atoms with E-state index < -0.39 is 0 Å². The normalized spacial score (nSPS) is 14.4. The lowest BCUT2D eigenvalue weighted by Gasteiger charge is -2.18. The van der Waals surface area contributed by atoms with Gasteiger partial charge in [0.05, 0.1) is 12.2 Å². The van der Waals surface area contributed by atoms with Crippen LogP contribution in [0, 0.1) is 0 Å². The van der Waals surface area contributed by atoms with Gasteiger partial charge in [0.15, 0.2) is 0 Å². The number of rotatable bonds is 13. The second-order valence-electron chi connectivity index (χ2n) is 4.91. The SMILES string of the molecule is C=CCCC(CCCCC(CC)OC)OCCC. The van der Waals surface area contributed by atoms with Crippen molar-refractivity contribution in [2.45, 2.75) is 77.4 Å². The van der Waals surface area contributed by atoms with E-state index in [9.17, 15) is 0 Å². The Morgan fingerprint density at radius 1 is 1.06 bits per heavy atom. The van der Waals surface area contributed by atoms with Gasteiger partial charge in [-0.05, 0) is 38.5 Å². The summed E-state index contributed by atoms with van der Waals surface area (Å²) >= 11 is 0. The molecule has 18 heavy (non-hydrogen) atoms. The van der Waals surface area contributed by atoms with E-state index in [4.69, 9.17) is 9.47 Å². The van der Waals surface area contributed by atoms with Gasteiger partial charge in [-0.1, -0.05) is 32.8 Å². The zero-order valence-corrected chi connectivity index (χ0v) is 12.6. The van der Waals surface area contributed by atoms with Gasteiger partial charge in [0.2, 0.25) is 0 Å². The van der Waals surface area contributed by atoms with E-state index in [2.05, 4.69) is 20.4 Å². The molecule has 0 fully saturated rings. The van der Waals surface area contributed by atoms with E-state index in [1.807, 2.05) is 13.2 Å². The van der Waals surface area contributed by atoms with E-state index in [0.29, 0.717) is 12.2 Å². The summed E-state index contributed by atoms with van der Waals surface area (Å²) < 4.78 is 11.3. The van der Waals surface area contributed by atoms with Crippen LogP contribution in [-0.2, 0) is 9.47 Å². The topological polar surface area (TPSA) is 18.5 Å². The second-order valence-corrected chi connectivity index (χ2v) is 4.91. The van der Waals surface area contributed by atoms with Crippen LogP contribution in [0.3, 0.4) is 0 Å². The van der Waals surface area contributed by atoms with E-state index in [-0.39, 0.29) is 0 Å². The third-order valence-corrected chi connectivity index (χ3v) is 3.34. The minimum absolute atomic E-state index is 0.422. The average molecular weight is 256 g/mol. The first kappa shape index (κ1) is 17.7. The van der Waals surface area contributed by atoms with Crippen LogP contribution in [0.25, 0.3) is 0 Å². The van der Waals surface area contributed by atoms with E-state index in [1.165, 1.54) is 25.7 Å². The van der Waals surface area contributed by atoms with Gasteiger partial charge >= 0.3 is 0 Å². The Bertz CT molecular complexity index is 176. The number of hydrogen-bond donors (Lipinski definition) is 0. The largest absolute Gasteiger partial charge is 0.381 e. The van der Waals surface area contributed by atoms with Crippen molar-refractivity contribution in [2.24, 2.45) is 0 Å². The fourth-order valence-electron chi connectivity index (χ4n) is 2.13. The van der Waals surface area contributed by atoms with Crippen LogP contribution < -0.4 is 0 Å². The molecule has 0 rings (SSSR count). The number of ether oxygens (including phenoxy) is 2. The van der Waals surface area contributed by atoms with Crippen molar-refractivity contribution >= 4 is 0 Å². The predicted molar refractivity (Wildman–Crippen MR) is 79.0 cm³/mol.